The van der Waals surface area contributed by atoms with Gasteiger partial charge in [0.05, 0.1) is 15.8 Å². The van der Waals surface area contributed by atoms with Crippen molar-refractivity contribution in [2.45, 2.75) is 6.92 Å². The number of aryl methyl sites for hydroxylation is 1. The summed E-state index contributed by atoms with van der Waals surface area (Å²) in [6, 6.07) is 21.7. The molecule has 0 spiro atoms. The van der Waals surface area contributed by atoms with Gasteiger partial charge in [-0.25, -0.2) is 4.98 Å². The van der Waals surface area contributed by atoms with Crippen molar-refractivity contribution in [2.75, 3.05) is 5.32 Å². The molecule has 0 bridgehead atoms. The molecule has 0 fully saturated rings. The van der Waals surface area contributed by atoms with Gasteiger partial charge in [0.25, 0.3) is 5.91 Å². The Labute approximate surface area is 160 Å². The fourth-order valence-electron chi connectivity index (χ4n) is 2.87. The van der Waals surface area contributed by atoms with Crippen molar-refractivity contribution in [1.82, 2.24) is 4.98 Å². The molecule has 0 unspecified atom stereocenters. The average molecular weight is 372 g/mol. The van der Waals surface area contributed by atoms with Gasteiger partial charge in [0.2, 0.25) is 0 Å². The Bertz CT molecular complexity index is 1150. The van der Waals surface area contributed by atoms with Crippen LogP contribution in [0.4, 0.5) is 5.13 Å². The summed E-state index contributed by atoms with van der Waals surface area (Å²) < 4.78 is 1.01. The molecule has 0 aliphatic carbocycles. The summed E-state index contributed by atoms with van der Waals surface area (Å²) in [6.07, 6.45) is 0. The molecular formula is C22H16N2O2S. The molecule has 3 aromatic carbocycles. The molecule has 0 aliphatic heterocycles. The first-order valence-electron chi connectivity index (χ1n) is 8.49. The molecule has 1 aromatic heterocycles. The lowest BCUT2D eigenvalue weighted by Crippen LogP contribution is -2.16. The number of thiazole rings is 1. The van der Waals surface area contributed by atoms with Gasteiger partial charge in [0.1, 0.15) is 0 Å². The third-order valence-electron chi connectivity index (χ3n) is 4.22. The number of hydrogen-bond acceptors (Lipinski definition) is 4. The van der Waals surface area contributed by atoms with Crippen LogP contribution in [0.25, 0.3) is 10.2 Å². The van der Waals surface area contributed by atoms with E-state index in [1.54, 1.807) is 48.5 Å². The molecule has 1 heterocycles. The van der Waals surface area contributed by atoms with Crippen LogP contribution >= 0.6 is 11.3 Å². The first-order valence-corrected chi connectivity index (χ1v) is 9.31. The molecule has 4 nitrogen and oxygen atoms in total. The number of rotatable bonds is 4. The number of ketones is 1. The van der Waals surface area contributed by atoms with Gasteiger partial charge >= 0.3 is 0 Å². The number of benzene rings is 3. The summed E-state index contributed by atoms with van der Waals surface area (Å²) in [5.74, 6) is -0.521. The number of aromatic nitrogens is 1. The zero-order valence-corrected chi connectivity index (χ0v) is 15.4. The third kappa shape index (κ3) is 3.50. The summed E-state index contributed by atoms with van der Waals surface area (Å²) in [5, 5.41) is 3.35. The van der Waals surface area contributed by atoms with Crippen LogP contribution in [0.1, 0.15) is 31.8 Å². The molecule has 5 heteroatoms. The summed E-state index contributed by atoms with van der Waals surface area (Å²) in [4.78, 5) is 30.1. The number of hydrogen-bond donors (Lipinski definition) is 1. The molecule has 0 atom stereocenters. The number of fused-ring (bicyclic) bond motifs is 1. The lowest BCUT2D eigenvalue weighted by Gasteiger charge is -2.08. The maximum absolute atomic E-state index is 12.8. The highest BCUT2D eigenvalue weighted by atomic mass is 32.1. The molecule has 0 saturated heterocycles. The predicted molar refractivity (Wildman–Crippen MR) is 109 cm³/mol. The van der Waals surface area contributed by atoms with Crippen molar-refractivity contribution in [2.24, 2.45) is 0 Å². The predicted octanol–water partition coefficient (Wildman–Crippen LogP) is 5.09. The van der Waals surface area contributed by atoms with Crippen LogP contribution in [0.3, 0.4) is 0 Å². The maximum Gasteiger partial charge on any atom is 0.258 e. The molecule has 1 N–H and O–H groups in total. The Morgan fingerprint density at radius 1 is 0.889 bits per heavy atom. The second kappa shape index (κ2) is 7.13. The average Bonchev–Trinajstić information content (AvgIpc) is 3.09. The van der Waals surface area contributed by atoms with Gasteiger partial charge in [-0.1, -0.05) is 65.9 Å². The lowest BCUT2D eigenvalue weighted by atomic mass is 9.98. The highest BCUT2D eigenvalue weighted by Gasteiger charge is 2.19. The molecule has 0 aliphatic rings. The van der Waals surface area contributed by atoms with Crippen molar-refractivity contribution in [3.63, 3.8) is 0 Å². The number of carbonyl (C=O) groups is 2. The Morgan fingerprint density at radius 2 is 1.59 bits per heavy atom. The standard InChI is InChI=1S/C22H16N2O2S/c1-14-11-12-18-19(13-14)27-22(23-18)24-21(26)17-10-6-5-9-16(17)20(25)15-7-3-2-4-8-15/h2-13H,1H3,(H,23,24,26). The van der Waals surface area contributed by atoms with Crippen molar-refractivity contribution in [3.8, 4) is 0 Å². The number of nitrogens with zero attached hydrogens (tertiary/aromatic N) is 1. The van der Waals surface area contributed by atoms with Crippen LogP contribution in [0.5, 0.6) is 0 Å². The second-order valence-electron chi connectivity index (χ2n) is 6.19. The van der Waals surface area contributed by atoms with Crippen LogP contribution in [0.2, 0.25) is 0 Å². The second-order valence-corrected chi connectivity index (χ2v) is 7.22. The van der Waals surface area contributed by atoms with Gasteiger partial charge in [-0.05, 0) is 30.7 Å². The number of nitrogens with one attached hydrogen (secondary N) is 1. The van der Waals surface area contributed by atoms with E-state index < -0.39 is 0 Å². The molecule has 0 radical (unpaired) electrons. The van der Waals surface area contributed by atoms with E-state index in [1.807, 2.05) is 31.2 Å². The smallest absolute Gasteiger partial charge is 0.258 e. The van der Waals surface area contributed by atoms with Crippen LogP contribution in [0, 0.1) is 6.92 Å². The molecule has 1 amide bonds. The van der Waals surface area contributed by atoms with E-state index in [4.69, 9.17) is 0 Å². The van der Waals surface area contributed by atoms with E-state index in [2.05, 4.69) is 10.3 Å². The van der Waals surface area contributed by atoms with Gasteiger partial charge in [-0.15, -0.1) is 0 Å². The van der Waals surface area contributed by atoms with Gasteiger partial charge in [0, 0.05) is 11.1 Å². The van der Waals surface area contributed by atoms with Gasteiger partial charge in [-0.2, -0.15) is 0 Å². The topological polar surface area (TPSA) is 59.1 Å². The highest BCUT2D eigenvalue weighted by Crippen LogP contribution is 2.27. The lowest BCUT2D eigenvalue weighted by molar-refractivity contribution is 0.0996. The van der Waals surface area contributed by atoms with Crippen molar-refractivity contribution < 1.29 is 9.59 Å². The summed E-state index contributed by atoms with van der Waals surface area (Å²) in [5.41, 5.74) is 3.24. The summed E-state index contributed by atoms with van der Waals surface area (Å²) >= 11 is 1.42. The minimum atomic E-state index is -0.342. The highest BCUT2D eigenvalue weighted by molar-refractivity contribution is 7.22. The number of anilines is 1. The van der Waals surface area contributed by atoms with E-state index in [1.165, 1.54) is 11.3 Å². The SMILES string of the molecule is Cc1ccc2nc(NC(=O)c3ccccc3C(=O)c3ccccc3)sc2c1. The third-order valence-corrected chi connectivity index (χ3v) is 5.15. The minimum absolute atomic E-state index is 0.179. The van der Waals surface area contributed by atoms with E-state index in [9.17, 15) is 9.59 Å². The summed E-state index contributed by atoms with van der Waals surface area (Å²) in [7, 11) is 0. The monoisotopic (exact) mass is 372 g/mol. The van der Waals surface area contributed by atoms with Crippen LogP contribution in [0.15, 0.2) is 72.8 Å². The van der Waals surface area contributed by atoms with Crippen LogP contribution in [-0.2, 0) is 0 Å². The van der Waals surface area contributed by atoms with E-state index in [-0.39, 0.29) is 11.7 Å². The molecule has 132 valence electrons. The molecule has 0 saturated carbocycles. The van der Waals surface area contributed by atoms with E-state index in [0.29, 0.717) is 21.8 Å². The molecule has 4 rings (SSSR count). The minimum Gasteiger partial charge on any atom is -0.298 e. The van der Waals surface area contributed by atoms with Crippen LogP contribution in [-0.4, -0.2) is 16.7 Å². The number of amides is 1. The van der Waals surface area contributed by atoms with E-state index >= 15 is 0 Å². The van der Waals surface area contributed by atoms with Gasteiger partial charge in [0.15, 0.2) is 10.9 Å². The van der Waals surface area contributed by atoms with E-state index in [0.717, 1.165) is 15.8 Å². The normalized spacial score (nSPS) is 10.7. The van der Waals surface area contributed by atoms with Crippen LogP contribution < -0.4 is 5.32 Å². The Kier molecular flexibility index (Phi) is 4.52. The first-order chi connectivity index (χ1) is 13.1. The zero-order valence-electron chi connectivity index (χ0n) is 14.6. The molecule has 4 aromatic rings. The van der Waals surface area contributed by atoms with Crippen molar-refractivity contribution in [3.05, 3.63) is 95.1 Å². The summed E-state index contributed by atoms with van der Waals surface area (Å²) in [6.45, 7) is 2.02. The Balaban J connectivity index is 1.65. The van der Waals surface area contributed by atoms with Crippen molar-refractivity contribution >= 4 is 38.4 Å². The quantitative estimate of drug-likeness (QED) is 0.508. The largest absolute Gasteiger partial charge is 0.298 e. The van der Waals surface area contributed by atoms with Crippen molar-refractivity contribution in [1.29, 1.82) is 0 Å². The first kappa shape index (κ1) is 17.1. The fraction of sp³-hybridized carbons (Fsp3) is 0.0455. The Hall–Kier alpha value is -3.31. The zero-order chi connectivity index (χ0) is 18.8. The maximum atomic E-state index is 12.8. The Morgan fingerprint density at radius 3 is 2.37 bits per heavy atom. The molecule has 27 heavy (non-hydrogen) atoms. The number of carbonyl (C=O) groups excluding carboxylic acids is 2. The molecular weight excluding hydrogens is 356 g/mol. The van der Waals surface area contributed by atoms with Gasteiger partial charge in [-0.3, -0.25) is 14.9 Å². The fourth-order valence-corrected chi connectivity index (χ4v) is 3.83. The van der Waals surface area contributed by atoms with Gasteiger partial charge < -0.3 is 0 Å².